The molecule has 2 aromatic heterocycles. The van der Waals surface area contributed by atoms with Crippen LogP contribution < -0.4 is 4.74 Å². The maximum Gasteiger partial charge on any atom is 0.294 e. The zero-order chi connectivity index (χ0) is 26.2. The average molecular weight is 533 g/mol. The number of nitrogens with one attached hydrogen (secondary N) is 1. The van der Waals surface area contributed by atoms with E-state index in [0.717, 1.165) is 33.3 Å². The van der Waals surface area contributed by atoms with Crippen molar-refractivity contribution in [2.75, 3.05) is 13.2 Å². The van der Waals surface area contributed by atoms with Crippen LogP contribution in [0, 0.1) is 6.92 Å². The van der Waals surface area contributed by atoms with Crippen LogP contribution in [0.15, 0.2) is 65.2 Å². The molecule has 0 unspecified atom stereocenters. The highest BCUT2D eigenvalue weighted by Crippen LogP contribution is 2.34. The molecule has 10 heteroatoms. The second-order valence-corrected chi connectivity index (χ2v) is 9.69. The number of benzene rings is 3. The topological polar surface area (TPSA) is 127 Å². The lowest BCUT2D eigenvalue weighted by Gasteiger charge is -2.31. The van der Waals surface area contributed by atoms with Gasteiger partial charge in [0.15, 0.2) is 0 Å². The van der Waals surface area contributed by atoms with Gasteiger partial charge in [0.1, 0.15) is 12.2 Å². The minimum atomic E-state index is -0.792. The third kappa shape index (κ3) is 4.89. The van der Waals surface area contributed by atoms with E-state index >= 15 is 0 Å². The summed E-state index contributed by atoms with van der Waals surface area (Å²) >= 11 is 6.64. The SMILES string of the molecule is Cc1nc(-c2ccc(-c3ccc(-c4cc5nc(O[C@H]6CO[C@H](CO)[C@@H](O)C6)[nH]c5cc4Cl)cc3)cc2)no1. The van der Waals surface area contributed by atoms with Gasteiger partial charge in [0.05, 0.1) is 35.4 Å². The summed E-state index contributed by atoms with van der Waals surface area (Å²) in [7, 11) is 0. The molecule has 194 valence electrons. The first-order valence-electron chi connectivity index (χ1n) is 12.2. The first-order valence-corrected chi connectivity index (χ1v) is 12.6. The Labute approximate surface area is 223 Å². The molecule has 38 heavy (non-hydrogen) atoms. The summed E-state index contributed by atoms with van der Waals surface area (Å²) in [5, 5.41) is 23.9. The summed E-state index contributed by atoms with van der Waals surface area (Å²) in [6.07, 6.45) is -1.40. The molecule has 3 N–H and O–H groups in total. The van der Waals surface area contributed by atoms with Gasteiger partial charge in [-0.05, 0) is 28.8 Å². The van der Waals surface area contributed by atoms with E-state index in [4.69, 9.17) is 25.6 Å². The first kappa shape index (κ1) is 24.6. The van der Waals surface area contributed by atoms with Crippen LogP contribution >= 0.6 is 11.6 Å². The molecule has 0 spiro atoms. The van der Waals surface area contributed by atoms with Crippen LogP contribution in [-0.4, -0.2) is 61.8 Å². The molecular weight excluding hydrogens is 508 g/mol. The maximum absolute atomic E-state index is 10.1. The molecule has 0 aliphatic carbocycles. The zero-order valence-corrected chi connectivity index (χ0v) is 21.2. The van der Waals surface area contributed by atoms with Crippen molar-refractivity contribution in [3.63, 3.8) is 0 Å². The fourth-order valence-corrected chi connectivity index (χ4v) is 4.87. The summed E-state index contributed by atoms with van der Waals surface area (Å²) in [4.78, 5) is 12.0. The van der Waals surface area contributed by atoms with Gasteiger partial charge < -0.3 is 29.2 Å². The van der Waals surface area contributed by atoms with Crippen LogP contribution in [0.25, 0.3) is 44.7 Å². The number of imidazole rings is 1. The number of aromatic amines is 1. The van der Waals surface area contributed by atoms with E-state index in [1.165, 1.54) is 0 Å². The minimum Gasteiger partial charge on any atom is -0.459 e. The molecule has 0 amide bonds. The number of aryl methyl sites for hydroxylation is 1. The Kier molecular flexibility index (Phi) is 6.59. The highest BCUT2D eigenvalue weighted by molar-refractivity contribution is 6.34. The zero-order valence-electron chi connectivity index (χ0n) is 20.5. The Morgan fingerprint density at radius 3 is 2.32 bits per heavy atom. The predicted molar refractivity (Wildman–Crippen MR) is 142 cm³/mol. The molecule has 0 bridgehead atoms. The molecule has 6 rings (SSSR count). The van der Waals surface area contributed by atoms with E-state index < -0.39 is 12.2 Å². The summed E-state index contributed by atoms with van der Waals surface area (Å²) in [5.41, 5.74) is 6.30. The van der Waals surface area contributed by atoms with Crippen LogP contribution in [0.3, 0.4) is 0 Å². The number of rotatable bonds is 6. The first-order chi connectivity index (χ1) is 18.5. The fourth-order valence-electron chi connectivity index (χ4n) is 4.60. The number of hydrogen-bond donors (Lipinski definition) is 3. The fraction of sp³-hybridized carbons (Fsp3) is 0.250. The summed E-state index contributed by atoms with van der Waals surface area (Å²) < 4.78 is 16.4. The van der Waals surface area contributed by atoms with E-state index in [1.54, 1.807) is 6.92 Å². The van der Waals surface area contributed by atoms with Crippen molar-refractivity contribution in [3.8, 4) is 39.7 Å². The van der Waals surface area contributed by atoms with Crippen molar-refractivity contribution in [2.45, 2.75) is 31.7 Å². The molecule has 0 saturated carbocycles. The maximum atomic E-state index is 10.1. The van der Waals surface area contributed by atoms with Gasteiger partial charge in [0, 0.05) is 24.5 Å². The summed E-state index contributed by atoms with van der Waals surface area (Å²) in [6.45, 7) is 1.80. The third-order valence-corrected chi connectivity index (χ3v) is 6.95. The molecule has 0 radical (unpaired) electrons. The van der Waals surface area contributed by atoms with Gasteiger partial charge in [0.2, 0.25) is 11.7 Å². The molecule has 5 aromatic rings. The molecule has 3 heterocycles. The van der Waals surface area contributed by atoms with Gasteiger partial charge in [-0.1, -0.05) is 65.3 Å². The Morgan fingerprint density at radius 2 is 1.68 bits per heavy atom. The lowest BCUT2D eigenvalue weighted by molar-refractivity contribution is -0.131. The Bertz CT molecular complexity index is 1560. The highest BCUT2D eigenvalue weighted by atomic mass is 35.5. The van der Waals surface area contributed by atoms with E-state index in [-0.39, 0.29) is 19.3 Å². The number of H-pyrrole nitrogens is 1. The molecule has 1 aliphatic rings. The lowest BCUT2D eigenvalue weighted by atomic mass is 9.99. The number of fused-ring (bicyclic) bond motifs is 1. The molecule has 3 atom stereocenters. The molecule has 3 aromatic carbocycles. The number of nitrogens with zero attached hydrogens (tertiary/aromatic N) is 3. The Morgan fingerprint density at radius 1 is 1.00 bits per heavy atom. The van der Waals surface area contributed by atoms with Crippen molar-refractivity contribution in [1.29, 1.82) is 0 Å². The molecule has 1 fully saturated rings. The van der Waals surface area contributed by atoms with Crippen molar-refractivity contribution in [2.24, 2.45) is 0 Å². The molecule has 1 aliphatic heterocycles. The van der Waals surface area contributed by atoms with E-state index in [2.05, 4.69) is 32.2 Å². The minimum absolute atomic E-state index is 0.228. The van der Waals surface area contributed by atoms with Crippen molar-refractivity contribution < 1.29 is 24.2 Å². The van der Waals surface area contributed by atoms with Crippen molar-refractivity contribution in [3.05, 3.63) is 71.6 Å². The van der Waals surface area contributed by atoms with Crippen molar-refractivity contribution >= 4 is 22.6 Å². The normalized spacial score (nSPS) is 19.6. The summed E-state index contributed by atoms with van der Waals surface area (Å²) in [6, 6.07) is 20.2. The largest absolute Gasteiger partial charge is 0.459 e. The van der Waals surface area contributed by atoms with Gasteiger partial charge in [0.25, 0.3) is 6.01 Å². The monoisotopic (exact) mass is 532 g/mol. The smallest absolute Gasteiger partial charge is 0.294 e. The number of aromatic nitrogens is 4. The number of aliphatic hydroxyl groups excluding tert-OH is 2. The van der Waals surface area contributed by atoms with Crippen LogP contribution in [0.2, 0.25) is 5.02 Å². The van der Waals surface area contributed by atoms with Crippen molar-refractivity contribution in [1.82, 2.24) is 20.1 Å². The molecule has 1 saturated heterocycles. The number of hydrogen-bond acceptors (Lipinski definition) is 8. The second-order valence-electron chi connectivity index (χ2n) is 9.28. The average Bonchev–Trinajstić information content (AvgIpc) is 3.53. The number of halogens is 1. The summed E-state index contributed by atoms with van der Waals surface area (Å²) in [5.74, 6) is 1.10. The van der Waals surface area contributed by atoms with Gasteiger partial charge in [-0.15, -0.1) is 0 Å². The Hall–Kier alpha value is -3.76. The van der Waals surface area contributed by atoms with E-state index in [0.29, 0.717) is 34.7 Å². The van der Waals surface area contributed by atoms with Gasteiger partial charge in [-0.3, -0.25) is 0 Å². The third-order valence-electron chi connectivity index (χ3n) is 6.64. The van der Waals surface area contributed by atoms with Crippen LogP contribution in [0.4, 0.5) is 0 Å². The van der Waals surface area contributed by atoms with Gasteiger partial charge >= 0.3 is 0 Å². The van der Waals surface area contributed by atoms with Crippen LogP contribution in [0.5, 0.6) is 6.01 Å². The van der Waals surface area contributed by atoms with Crippen LogP contribution in [0.1, 0.15) is 12.3 Å². The molecule has 9 nitrogen and oxygen atoms in total. The second kappa shape index (κ2) is 10.2. The van der Waals surface area contributed by atoms with E-state index in [1.807, 2.05) is 48.5 Å². The van der Waals surface area contributed by atoms with Crippen LogP contribution in [-0.2, 0) is 4.74 Å². The number of ether oxygens (including phenoxy) is 2. The Balaban J connectivity index is 1.19. The highest BCUT2D eigenvalue weighted by Gasteiger charge is 2.31. The molecular formula is C28H25ClN4O5. The predicted octanol–water partition coefficient (Wildman–Crippen LogP) is 4.80. The lowest BCUT2D eigenvalue weighted by Crippen LogP contribution is -2.45. The standard InChI is InChI=1S/C28H25ClN4O5/c1-15-30-27(33-38-15)19-8-4-17(5-9-19)16-2-6-18(7-3-16)21-11-23-24(12-22(21)29)32-28(31-23)37-20-10-25(35)26(13-34)36-14-20/h2-9,11-12,20,25-26,34-35H,10,13-14H2,1H3,(H,31,32)/t20-,25+,26-/m1/s1. The quantitative estimate of drug-likeness (QED) is 0.285. The van der Waals surface area contributed by atoms with Gasteiger partial charge in [-0.25, -0.2) is 0 Å². The van der Waals surface area contributed by atoms with E-state index in [9.17, 15) is 10.2 Å². The van der Waals surface area contributed by atoms with Gasteiger partial charge in [-0.2, -0.15) is 9.97 Å². The number of aliphatic hydroxyl groups is 2.